The van der Waals surface area contributed by atoms with Crippen LogP contribution < -0.4 is 14.8 Å². The Morgan fingerprint density at radius 1 is 1.09 bits per heavy atom. The number of ether oxygens (including phenoxy) is 2. The van der Waals surface area contributed by atoms with E-state index in [-0.39, 0.29) is 23.6 Å². The Bertz CT molecular complexity index is 1080. The van der Waals surface area contributed by atoms with Crippen LogP contribution in [0.15, 0.2) is 52.1 Å². The quantitative estimate of drug-likeness (QED) is 0.514. The highest BCUT2D eigenvalue weighted by molar-refractivity contribution is 7.99. The van der Waals surface area contributed by atoms with E-state index in [9.17, 15) is 4.79 Å². The van der Waals surface area contributed by atoms with E-state index in [1.165, 1.54) is 11.8 Å². The van der Waals surface area contributed by atoms with Gasteiger partial charge in [0.15, 0.2) is 11.5 Å². The molecule has 0 spiro atoms. The standard InChI is InChI=1S/C24H27N3O4S/c1-15(2)22(17-8-9-19-20(13-17)30-11-5-10-29-19)25-21(28)14-32-24-27-26-23(31-24)18-7-4-6-16(3)12-18/h4,6-9,12-13,15,22H,5,10-11,14H2,1-3H3,(H,25,28)/t22-/m1/s1. The molecule has 1 aliphatic rings. The first-order valence-corrected chi connectivity index (χ1v) is 11.7. The third-order valence-corrected chi connectivity index (χ3v) is 5.93. The molecule has 0 fully saturated rings. The van der Waals surface area contributed by atoms with Gasteiger partial charge in [0.05, 0.1) is 25.0 Å². The van der Waals surface area contributed by atoms with Gasteiger partial charge in [0.25, 0.3) is 5.22 Å². The average molecular weight is 454 g/mol. The number of amides is 1. The lowest BCUT2D eigenvalue weighted by Crippen LogP contribution is -2.33. The zero-order valence-corrected chi connectivity index (χ0v) is 19.3. The maximum absolute atomic E-state index is 12.7. The maximum Gasteiger partial charge on any atom is 0.277 e. The molecule has 1 aliphatic heterocycles. The fraction of sp³-hybridized carbons (Fsp3) is 0.375. The van der Waals surface area contributed by atoms with Crippen molar-refractivity contribution in [2.75, 3.05) is 19.0 Å². The van der Waals surface area contributed by atoms with Crippen molar-refractivity contribution in [1.82, 2.24) is 15.5 Å². The summed E-state index contributed by atoms with van der Waals surface area (Å²) in [5.41, 5.74) is 2.97. The van der Waals surface area contributed by atoms with E-state index < -0.39 is 0 Å². The Hall–Kier alpha value is -3.00. The molecule has 1 atom stereocenters. The fourth-order valence-electron chi connectivity index (χ4n) is 3.51. The largest absolute Gasteiger partial charge is 0.490 e. The number of carbonyl (C=O) groups excluding carboxylic acids is 1. The van der Waals surface area contributed by atoms with Crippen LogP contribution in [0.5, 0.6) is 11.5 Å². The number of hydrogen-bond donors (Lipinski definition) is 1. The van der Waals surface area contributed by atoms with Crippen LogP contribution in [0.25, 0.3) is 11.5 Å². The molecule has 3 aromatic rings. The van der Waals surface area contributed by atoms with Gasteiger partial charge < -0.3 is 19.2 Å². The molecule has 0 saturated carbocycles. The van der Waals surface area contributed by atoms with Gasteiger partial charge in [0, 0.05) is 12.0 Å². The lowest BCUT2D eigenvalue weighted by molar-refractivity contribution is -0.119. The molecule has 0 saturated heterocycles. The van der Waals surface area contributed by atoms with E-state index in [2.05, 4.69) is 29.4 Å². The number of benzene rings is 2. The van der Waals surface area contributed by atoms with Gasteiger partial charge in [0.2, 0.25) is 11.8 Å². The summed E-state index contributed by atoms with van der Waals surface area (Å²) in [6.45, 7) is 7.43. The Balaban J connectivity index is 1.38. The number of nitrogens with one attached hydrogen (secondary N) is 1. The summed E-state index contributed by atoms with van der Waals surface area (Å²) in [5.74, 6) is 2.20. The fourth-order valence-corrected chi connectivity index (χ4v) is 4.09. The van der Waals surface area contributed by atoms with Gasteiger partial charge in [-0.05, 0) is 42.7 Å². The minimum atomic E-state index is -0.147. The molecule has 4 rings (SSSR count). The highest BCUT2D eigenvalue weighted by atomic mass is 32.2. The third-order valence-electron chi connectivity index (χ3n) is 5.11. The second-order valence-corrected chi connectivity index (χ2v) is 9.00. The van der Waals surface area contributed by atoms with Gasteiger partial charge in [-0.25, -0.2) is 0 Å². The van der Waals surface area contributed by atoms with E-state index in [1.807, 2.05) is 49.4 Å². The minimum Gasteiger partial charge on any atom is -0.490 e. The van der Waals surface area contributed by atoms with Crippen LogP contribution in [0.3, 0.4) is 0 Å². The molecule has 168 valence electrons. The number of thioether (sulfide) groups is 1. The molecule has 2 heterocycles. The van der Waals surface area contributed by atoms with Gasteiger partial charge >= 0.3 is 0 Å². The molecule has 7 nitrogen and oxygen atoms in total. The number of aromatic nitrogens is 2. The Morgan fingerprint density at radius 3 is 2.69 bits per heavy atom. The molecular formula is C24H27N3O4S. The molecule has 0 radical (unpaired) electrons. The van der Waals surface area contributed by atoms with Crippen LogP contribution in [-0.4, -0.2) is 35.1 Å². The molecule has 1 N–H and O–H groups in total. The number of aryl methyl sites for hydroxylation is 1. The molecular weight excluding hydrogens is 426 g/mol. The zero-order valence-electron chi connectivity index (χ0n) is 18.5. The maximum atomic E-state index is 12.7. The highest BCUT2D eigenvalue weighted by Gasteiger charge is 2.22. The topological polar surface area (TPSA) is 86.5 Å². The molecule has 8 heteroatoms. The Labute approximate surface area is 191 Å². The first-order chi connectivity index (χ1) is 15.5. The molecule has 0 aliphatic carbocycles. The van der Waals surface area contributed by atoms with Crippen molar-refractivity contribution in [2.45, 2.75) is 38.5 Å². The summed E-state index contributed by atoms with van der Waals surface area (Å²) >= 11 is 1.23. The van der Waals surface area contributed by atoms with Crippen molar-refractivity contribution in [3.8, 4) is 23.0 Å². The lowest BCUT2D eigenvalue weighted by Gasteiger charge is -2.23. The SMILES string of the molecule is Cc1cccc(-c2nnc(SCC(=O)N[C@@H](c3ccc4c(c3)OCCCO4)C(C)C)o2)c1. The van der Waals surface area contributed by atoms with E-state index in [4.69, 9.17) is 13.9 Å². The van der Waals surface area contributed by atoms with E-state index in [0.29, 0.717) is 24.3 Å². The van der Waals surface area contributed by atoms with Gasteiger partial charge in [-0.15, -0.1) is 10.2 Å². The predicted molar refractivity (Wildman–Crippen MR) is 123 cm³/mol. The van der Waals surface area contributed by atoms with Crippen molar-refractivity contribution in [1.29, 1.82) is 0 Å². The average Bonchev–Trinajstić information content (AvgIpc) is 3.13. The number of fused-ring (bicyclic) bond motifs is 1. The van der Waals surface area contributed by atoms with Gasteiger partial charge in [-0.2, -0.15) is 0 Å². The summed E-state index contributed by atoms with van der Waals surface area (Å²) in [6, 6.07) is 13.6. The summed E-state index contributed by atoms with van der Waals surface area (Å²) in [7, 11) is 0. The van der Waals surface area contributed by atoms with E-state index in [0.717, 1.165) is 34.6 Å². The van der Waals surface area contributed by atoms with Crippen molar-refractivity contribution in [3.63, 3.8) is 0 Å². The second kappa shape index (κ2) is 10.1. The van der Waals surface area contributed by atoms with E-state index >= 15 is 0 Å². The van der Waals surface area contributed by atoms with Crippen molar-refractivity contribution < 1.29 is 18.7 Å². The van der Waals surface area contributed by atoms with Gasteiger partial charge in [-0.1, -0.05) is 49.4 Å². The molecule has 2 aromatic carbocycles. The molecule has 0 bridgehead atoms. The summed E-state index contributed by atoms with van der Waals surface area (Å²) in [5, 5.41) is 11.6. The van der Waals surface area contributed by atoms with Crippen LogP contribution in [0, 0.1) is 12.8 Å². The van der Waals surface area contributed by atoms with Crippen LogP contribution >= 0.6 is 11.8 Å². The summed E-state index contributed by atoms with van der Waals surface area (Å²) in [4.78, 5) is 12.7. The lowest BCUT2D eigenvalue weighted by atomic mass is 9.95. The van der Waals surface area contributed by atoms with Crippen LogP contribution in [0.4, 0.5) is 0 Å². The summed E-state index contributed by atoms with van der Waals surface area (Å²) < 4.78 is 17.2. The van der Waals surface area contributed by atoms with Crippen molar-refractivity contribution in [3.05, 3.63) is 53.6 Å². The zero-order chi connectivity index (χ0) is 22.5. The second-order valence-electron chi connectivity index (χ2n) is 8.08. The normalized spacial score (nSPS) is 14.1. The number of carbonyl (C=O) groups is 1. The number of rotatable bonds is 7. The molecule has 1 amide bonds. The highest BCUT2D eigenvalue weighted by Crippen LogP contribution is 2.34. The number of hydrogen-bond acceptors (Lipinski definition) is 7. The van der Waals surface area contributed by atoms with Crippen molar-refractivity contribution >= 4 is 17.7 Å². The summed E-state index contributed by atoms with van der Waals surface area (Å²) in [6.07, 6.45) is 0.854. The predicted octanol–water partition coefficient (Wildman–Crippen LogP) is 4.81. The molecule has 32 heavy (non-hydrogen) atoms. The van der Waals surface area contributed by atoms with Crippen LogP contribution in [0.1, 0.15) is 37.4 Å². The van der Waals surface area contributed by atoms with Crippen molar-refractivity contribution in [2.24, 2.45) is 5.92 Å². The van der Waals surface area contributed by atoms with Crippen LogP contribution in [0.2, 0.25) is 0 Å². The minimum absolute atomic E-state index is 0.101. The van der Waals surface area contributed by atoms with Gasteiger partial charge in [-0.3, -0.25) is 4.79 Å². The van der Waals surface area contributed by atoms with Gasteiger partial charge in [0.1, 0.15) is 0 Å². The molecule has 1 aromatic heterocycles. The number of nitrogens with zero attached hydrogens (tertiary/aromatic N) is 2. The third kappa shape index (κ3) is 5.43. The van der Waals surface area contributed by atoms with Crippen LogP contribution in [-0.2, 0) is 4.79 Å². The Kier molecular flexibility index (Phi) is 6.99. The smallest absolute Gasteiger partial charge is 0.277 e. The monoisotopic (exact) mass is 453 g/mol. The first kappa shape index (κ1) is 22.2. The Morgan fingerprint density at radius 2 is 1.91 bits per heavy atom. The van der Waals surface area contributed by atoms with E-state index in [1.54, 1.807) is 0 Å². The first-order valence-electron chi connectivity index (χ1n) is 10.7. The molecule has 0 unspecified atom stereocenters.